The van der Waals surface area contributed by atoms with Crippen molar-refractivity contribution < 1.29 is 23.1 Å². The first-order valence-electron chi connectivity index (χ1n) is 5.93. The smallest absolute Gasteiger partial charge is 0.296 e. The number of fused-ring (bicyclic) bond motifs is 1. The third-order valence-electron chi connectivity index (χ3n) is 2.95. The summed E-state index contributed by atoms with van der Waals surface area (Å²) < 4.78 is 29.3. The number of carbonyl (C=O) groups excluding carboxylic acids is 2. The highest BCUT2D eigenvalue weighted by Gasteiger charge is 2.20. The maximum atomic E-state index is 12.1. The summed E-state index contributed by atoms with van der Waals surface area (Å²) in [5, 5.41) is 1.64. The second-order valence-electron chi connectivity index (χ2n) is 4.29. The van der Waals surface area contributed by atoms with Crippen molar-refractivity contribution in [1.29, 1.82) is 0 Å². The van der Waals surface area contributed by atoms with Crippen LogP contribution in [-0.2, 0) is 4.79 Å². The highest BCUT2D eigenvalue weighted by Crippen LogP contribution is 2.22. The Hall–Kier alpha value is -2.30. The Kier molecular flexibility index (Phi) is 4.08. The zero-order valence-corrected chi connectivity index (χ0v) is 10.7. The average Bonchev–Trinajstić information content (AvgIpc) is 2.45. The van der Waals surface area contributed by atoms with Crippen LogP contribution in [0.15, 0.2) is 36.4 Å². The van der Waals surface area contributed by atoms with Gasteiger partial charge in [-0.1, -0.05) is 18.2 Å². The molecule has 0 N–H and O–H groups in total. The summed E-state index contributed by atoms with van der Waals surface area (Å²) >= 11 is 0. The van der Waals surface area contributed by atoms with Crippen molar-refractivity contribution in [3.8, 4) is 5.75 Å². The van der Waals surface area contributed by atoms with Gasteiger partial charge >= 0.3 is 0 Å². The minimum Gasteiger partial charge on any atom is -0.497 e. The molecule has 2 rings (SSSR count). The lowest BCUT2D eigenvalue weighted by molar-refractivity contribution is -0.128. The molecule has 5 heteroatoms. The van der Waals surface area contributed by atoms with Gasteiger partial charge in [-0.25, -0.2) is 8.78 Å². The van der Waals surface area contributed by atoms with Gasteiger partial charge in [-0.2, -0.15) is 0 Å². The molecule has 0 aromatic heterocycles. The molecule has 0 saturated heterocycles. The molecule has 0 aliphatic carbocycles. The van der Waals surface area contributed by atoms with Crippen molar-refractivity contribution in [3.63, 3.8) is 0 Å². The number of ether oxygens (including phenoxy) is 1. The minimum absolute atomic E-state index is 0.247. The molecular formula is C15H12F2O3. The monoisotopic (exact) mass is 278 g/mol. The van der Waals surface area contributed by atoms with E-state index in [0.717, 1.165) is 10.8 Å². The molecule has 0 spiro atoms. The fourth-order valence-electron chi connectivity index (χ4n) is 1.86. The number of benzene rings is 2. The van der Waals surface area contributed by atoms with Crippen molar-refractivity contribution in [3.05, 3.63) is 42.0 Å². The van der Waals surface area contributed by atoms with Crippen LogP contribution >= 0.6 is 0 Å². The van der Waals surface area contributed by atoms with Crippen LogP contribution in [0.25, 0.3) is 10.8 Å². The Labute approximate surface area is 114 Å². The van der Waals surface area contributed by atoms with Gasteiger partial charge in [0.25, 0.3) is 6.43 Å². The summed E-state index contributed by atoms with van der Waals surface area (Å²) in [7, 11) is 1.55. The maximum Gasteiger partial charge on any atom is 0.296 e. The molecular weight excluding hydrogens is 266 g/mol. The first-order chi connectivity index (χ1) is 9.51. The van der Waals surface area contributed by atoms with Crippen LogP contribution in [0, 0.1) is 0 Å². The average molecular weight is 278 g/mol. The standard InChI is InChI=1S/C15H12F2O3/c1-20-12-5-4-9-6-11(3-2-10(9)7-12)13(18)8-14(19)15(16)17/h2-7,15H,8H2,1H3. The fraction of sp³-hybridized carbons (Fsp3) is 0.200. The summed E-state index contributed by atoms with van der Waals surface area (Å²) in [6, 6.07) is 10.1. The zero-order valence-electron chi connectivity index (χ0n) is 10.7. The molecule has 0 aliphatic heterocycles. The first kappa shape index (κ1) is 14.1. The quantitative estimate of drug-likeness (QED) is 0.623. The molecule has 2 aromatic rings. The second-order valence-corrected chi connectivity index (χ2v) is 4.29. The van der Waals surface area contributed by atoms with Crippen molar-refractivity contribution in [2.24, 2.45) is 0 Å². The number of carbonyl (C=O) groups is 2. The topological polar surface area (TPSA) is 43.4 Å². The number of hydrogen-bond acceptors (Lipinski definition) is 3. The van der Waals surface area contributed by atoms with Crippen molar-refractivity contribution in [2.75, 3.05) is 7.11 Å². The molecule has 104 valence electrons. The van der Waals surface area contributed by atoms with Gasteiger partial charge in [0.05, 0.1) is 13.5 Å². The van der Waals surface area contributed by atoms with E-state index >= 15 is 0 Å². The van der Waals surface area contributed by atoms with Gasteiger partial charge in [-0.3, -0.25) is 9.59 Å². The molecule has 2 aromatic carbocycles. The van der Waals surface area contributed by atoms with Crippen LogP contribution in [0.3, 0.4) is 0 Å². The highest BCUT2D eigenvalue weighted by atomic mass is 19.3. The van der Waals surface area contributed by atoms with Crippen LogP contribution in [0.4, 0.5) is 8.78 Å². The number of rotatable bonds is 5. The number of methoxy groups -OCH3 is 1. The molecule has 20 heavy (non-hydrogen) atoms. The van der Waals surface area contributed by atoms with Crippen LogP contribution in [-0.4, -0.2) is 25.1 Å². The Bertz CT molecular complexity index is 665. The summed E-state index contributed by atoms with van der Waals surface area (Å²) in [6.07, 6.45) is -3.89. The van der Waals surface area contributed by atoms with Gasteiger partial charge in [0.1, 0.15) is 5.75 Å². The van der Waals surface area contributed by atoms with E-state index in [1.807, 2.05) is 0 Å². The lowest BCUT2D eigenvalue weighted by atomic mass is 10.0. The minimum atomic E-state index is -3.11. The Morgan fingerprint density at radius 1 is 1.10 bits per heavy atom. The maximum absolute atomic E-state index is 12.1. The van der Waals surface area contributed by atoms with E-state index in [2.05, 4.69) is 0 Å². The summed E-state index contributed by atoms with van der Waals surface area (Å²) in [6.45, 7) is 0. The summed E-state index contributed by atoms with van der Waals surface area (Å²) in [5.41, 5.74) is 0.247. The molecule has 0 heterocycles. The van der Waals surface area contributed by atoms with Crippen LogP contribution in [0.5, 0.6) is 5.75 Å². The van der Waals surface area contributed by atoms with E-state index in [9.17, 15) is 18.4 Å². The van der Waals surface area contributed by atoms with E-state index in [-0.39, 0.29) is 5.56 Å². The molecule has 0 aliphatic rings. The van der Waals surface area contributed by atoms with Gasteiger partial charge < -0.3 is 4.74 Å². The zero-order chi connectivity index (χ0) is 14.7. The largest absolute Gasteiger partial charge is 0.497 e. The van der Waals surface area contributed by atoms with E-state index in [1.165, 1.54) is 6.07 Å². The molecule has 0 fully saturated rings. The molecule has 3 nitrogen and oxygen atoms in total. The van der Waals surface area contributed by atoms with Crippen LogP contribution < -0.4 is 4.74 Å². The lowest BCUT2D eigenvalue weighted by Gasteiger charge is -2.05. The van der Waals surface area contributed by atoms with Gasteiger partial charge in [0, 0.05) is 5.56 Å². The van der Waals surface area contributed by atoms with Gasteiger partial charge in [-0.15, -0.1) is 0 Å². The van der Waals surface area contributed by atoms with Crippen LogP contribution in [0.1, 0.15) is 16.8 Å². The number of alkyl halides is 2. The predicted molar refractivity (Wildman–Crippen MR) is 70.5 cm³/mol. The highest BCUT2D eigenvalue weighted by molar-refractivity contribution is 6.10. The number of hydrogen-bond donors (Lipinski definition) is 0. The third kappa shape index (κ3) is 2.99. The number of Topliss-reactive ketones (excluding diaryl/α,β-unsaturated/α-hetero) is 2. The Morgan fingerprint density at radius 2 is 1.75 bits per heavy atom. The van der Waals surface area contributed by atoms with Crippen molar-refractivity contribution in [1.82, 2.24) is 0 Å². The summed E-state index contributed by atoms with van der Waals surface area (Å²) in [5.74, 6) is -1.28. The third-order valence-corrected chi connectivity index (χ3v) is 2.95. The fourth-order valence-corrected chi connectivity index (χ4v) is 1.86. The van der Waals surface area contributed by atoms with Crippen molar-refractivity contribution in [2.45, 2.75) is 12.8 Å². The second kappa shape index (κ2) is 5.77. The van der Waals surface area contributed by atoms with E-state index < -0.39 is 24.4 Å². The summed E-state index contributed by atoms with van der Waals surface area (Å²) in [4.78, 5) is 22.6. The van der Waals surface area contributed by atoms with Gasteiger partial charge in [-0.05, 0) is 29.0 Å². The van der Waals surface area contributed by atoms with Crippen molar-refractivity contribution >= 4 is 22.3 Å². The van der Waals surface area contributed by atoms with E-state index in [0.29, 0.717) is 5.75 Å². The van der Waals surface area contributed by atoms with E-state index in [4.69, 9.17) is 4.74 Å². The van der Waals surface area contributed by atoms with Gasteiger partial charge in [0.15, 0.2) is 5.78 Å². The van der Waals surface area contributed by atoms with Gasteiger partial charge in [0.2, 0.25) is 5.78 Å². The molecule has 0 radical (unpaired) electrons. The Balaban J connectivity index is 2.27. The lowest BCUT2D eigenvalue weighted by Crippen LogP contribution is -2.15. The SMILES string of the molecule is COc1ccc2cc(C(=O)CC(=O)C(F)F)ccc2c1. The molecule has 0 atom stereocenters. The number of halogens is 2. The Morgan fingerprint density at radius 3 is 2.40 bits per heavy atom. The normalized spacial score (nSPS) is 10.8. The van der Waals surface area contributed by atoms with Crippen LogP contribution in [0.2, 0.25) is 0 Å². The van der Waals surface area contributed by atoms with E-state index in [1.54, 1.807) is 37.4 Å². The molecule has 0 amide bonds. The predicted octanol–water partition coefficient (Wildman–Crippen LogP) is 3.26. The molecule has 0 bridgehead atoms. The molecule has 0 saturated carbocycles. The molecule has 0 unspecified atom stereocenters. The number of ketones is 2. The first-order valence-corrected chi connectivity index (χ1v) is 5.93.